The van der Waals surface area contributed by atoms with E-state index in [1.807, 2.05) is 50.2 Å². The van der Waals surface area contributed by atoms with Crippen molar-refractivity contribution >= 4 is 0 Å². The van der Waals surface area contributed by atoms with Crippen LogP contribution in [0.25, 0.3) is 0 Å². The lowest BCUT2D eigenvalue weighted by Crippen LogP contribution is -2.37. The smallest absolute Gasteiger partial charge is 0.171 e. The van der Waals surface area contributed by atoms with E-state index in [2.05, 4.69) is 0 Å². The molecule has 0 radical (unpaired) electrons. The molecule has 0 bridgehead atoms. The molecule has 0 aliphatic heterocycles. The molecule has 23 heavy (non-hydrogen) atoms. The van der Waals surface area contributed by atoms with E-state index in [1.165, 1.54) is 6.92 Å². The van der Waals surface area contributed by atoms with E-state index in [1.54, 1.807) is 12.1 Å². The molecule has 2 aromatic carbocycles. The van der Waals surface area contributed by atoms with Crippen LogP contribution in [0.1, 0.15) is 35.6 Å². The summed E-state index contributed by atoms with van der Waals surface area (Å²) in [5.74, 6) is 0. The first-order valence-electron chi connectivity index (χ1n) is 7.88. The minimum atomic E-state index is -4.22. The van der Waals surface area contributed by atoms with Crippen LogP contribution in [0.15, 0.2) is 48.5 Å². The second-order valence-electron chi connectivity index (χ2n) is 6.65. The van der Waals surface area contributed by atoms with Gasteiger partial charge in [-0.1, -0.05) is 61.0 Å². The monoisotopic (exact) mass is 320 g/mol. The van der Waals surface area contributed by atoms with Crippen LogP contribution in [0.4, 0.5) is 13.2 Å². The van der Waals surface area contributed by atoms with Crippen molar-refractivity contribution in [3.8, 4) is 0 Å². The normalized spacial score (nSPS) is 14.5. The molecule has 1 unspecified atom stereocenters. The molecule has 0 saturated heterocycles. The van der Waals surface area contributed by atoms with Crippen LogP contribution in [-0.2, 0) is 12.8 Å². The highest BCUT2D eigenvalue weighted by molar-refractivity contribution is 5.26. The van der Waals surface area contributed by atoms with Gasteiger partial charge in [-0.2, -0.15) is 13.2 Å². The molecule has 0 aromatic heterocycles. The summed E-state index contributed by atoms with van der Waals surface area (Å²) in [6, 6.07) is 15.0. The molecular formula is C20H23F3. The van der Waals surface area contributed by atoms with E-state index >= 15 is 0 Å². The molecule has 0 nitrogen and oxygen atoms in total. The van der Waals surface area contributed by atoms with Gasteiger partial charge < -0.3 is 0 Å². The van der Waals surface area contributed by atoms with Gasteiger partial charge in [0.1, 0.15) is 0 Å². The van der Waals surface area contributed by atoms with Crippen molar-refractivity contribution in [2.75, 3.05) is 0 Å². The number of hydrogen-bond acceptors (Lipinski definition) is 0. The lowest BCUT2D eigenvalue weighted by atomic mass is 9.77. The van der Waals surface area contributed by atoms with Crippen molar-refractivity contribution in [3.05, 3.63) is 70.8 Å². The molecule has 2 rings (SSSR count). The van der Waals surface area contributed by atoms with E-state index in [4.69, 9.17) is 0 Å². The number of halogens is 3. The molecule has 0 spiro atoms. The Hall–Kier alpha value is -1.77. The lowest BCUT2D eigenvalue weighted by Gasteiger charge is -2.32. The van der Waals surface area contributed by atoms with E-state index in [0.717, 1.165) is 22.3 Å². The summed E-state index contributed by atoms with van der Waals surface area (Å²) in [7, 11) is 0. The SMILES string of the molecule is Cc1ccc(CC(C)(CCc2ccccc2C)C(F)(F)F)cc1. The Labute approximate surface area is 136 Å². The quantitative estimate of drug-likeness (QED) is 0.629. The Bertz CT molecular complexity index is 641. The number of aryl methyl sites for hydroxylation is 3. The van der Waals surface area contributed by atoms with Gasteiger partial charge in [0.25, 0.3) is 0 Å². The largest absolute Gasteiger partial charge is 0.394 e. The molecule has 0 heterocycles. The zero-order valence-corrected chi connectivity index (χ0v) is 13.9. The van der Waals surface area contributed by atoms with Crippen LogP contribution < -0.4 is 0 Å². The van der Waals surface area contributed by atoms with Crippen molar-refractivity contribution in [2.24, 2.45) is 5.41 Å². The first kappa shape index (κ1) is 17.6. The third-order valence-corrected chi connectivity index (χ3v) is 4.61. The third kappa shape index (κ3) is 4.37. The number of hydrogen-bond donors (Lipinski definition) is 0. The van der Waals surface area contributed by atoms with Gasteiger partial charge in [-0.3, -0.25) is 0 Å². The molecule has 2 aromatic rings. The number of alkyl halides is 3. The van der Waals surface area contributed by atoms with Crippen molar-refractivity contribution in [2.45, 2.75) is 46.2 Å². The second kappa shape index (κ2) is 6.77. The molecule has 0 aliphatic carbocycles. The maximum Gasteiger partial charge on any atom is 0.394 e. The Kier molecular flexibility index (Phi) is 5.18. The minimum Gasteiger partial charge on any atom is -0.171 e. The Morgan fingerprint density at radius 1 is 0.870 bits per heavy atom. The maximum atomic E-state index is 13.7. The van der Waals surface area contributed by atoms with Gasteiger partial charge in [-0.15, -0.1) is 0 Å². The minimum absolute atomic E-state index is 0.0165. The predicted octanol–water partition coefficient (Wildman–Crippen LogP) is 6.05. The maximum absolute atomic E-state index is 13.7. The average Bonchev–Trinajstić information content (AvgIpc) is 2.48. The Morgan fingerprint density at radius 2 is 1.48 bits per heavy atom. The topological polar surface area (TPSA) is 0 Å². The number of rotatable bonds is 5. The summed E-state index contributed by atoms with van der Waals surface area (Å²) in [6.07, 6.45) is -3.67. The summed E-state index contributed by atoms with van der Waals surface area (Å²) in [4.78, 5) is 0. The summed E-state index contributed by atoms with van der Waals surface area (Å²) in [5.41, 5.74) is 2.12. The highest BCUT2D eigenvalue weighted by Gasteiger charge is 2.50. The van der Waals surface area contributed by atoms with E-state index < -0.39 is 11.6 Å². The highest BCUT2D eigenvalue weighted by atomic mass is 19.4. The molecular weight excluding hydrogens is 297 g/mol. The number of benzene rings is 2. The van der Waals surface area contributed by atoms with Gasteiger partial charge in [-0.05, 0) is 49.8 Å². The van der Waals surface area contributed by atoms with Gasteiger partial charge in [0.05, 0.1) is 5.41 Å². The summed E-state index contributed by atoms with van der Waals surface area (Å²) in [6.45, 7) is 5.22. The highest BCUT2D eigenvalue weighted by Crippen LogP contribution is 2.44. The zero-order valence-electron chi connectivity index (χ0n) is 13.9. The van der Waals surface area contributed by atoms with Crippen LogP contribution >= 0.6 is 0 Å². The summed E-state index contributed by atoms with van der Waals surface area (Å²) < 4.78 is 41.0. The molecule has 0 saturated carbocycles. The predicted molar refractivity (Wildman–Crippen MR) is 88.5 cm³/mol. The van der Waals surface area contributed by atoms with E-state index in [-0.39, 0.29) is 12.8 Å². The summed E-state index contributed by atoms with van der Waals surface area (Å²) in [5, 5.41) is 0. The average molecular weight is 320 g/mol. The van der Waals surface area contributed by atoms with Gasteiger partial charge in [-0.25, -0.2) is 0 Å². The van der Waals surface area contributed by atoms with Crippen LogP contribution in [-0.4, -0.2) is 6.18 Å². The fraction of sp³-hybridized carbons (Fsp3) is 0.400. The van der Waals surface area contributed by atoms with Crippen LogP contribution in [0.5, 0.6) is 0 Å². The van der Waals surface area contributed by atoms with Gasteiger partial charge >= 0.3 is 6.18 Å². The van der Waals surface area contributed by atoms with Crippen molar-refractivity contribution < 1.29 is 13.2 Å². The first-order chi connectivity index (χ1) is 10.7. The molecule has 1 atom stereocenters. The van der Waals surface area contributed by atoms with Gasteiger partial charge in [0.2, 0.25) is 0 Å². The Balaban J connectivity index is 2.19. The van der Waals surface area contributed by atoms with E-state index in [0.29, 0.717) is 6.42 Å². The molecule has 0 amide bonds. The fourth-order valence-corrected chi connectivity index (χ4v) is 2.79. The fourth-order valence-electron chi connectivity index (χ4n) is 2.79. The second-order valence-corrected chi connectivity index (χ2v) is 6.65. The standard InChI is InChI=1S/C20H23F3/c1-15-8-10-17(11-9-15)14-19(3,20(21,22)23)13-12-18-7-5-4-6-16(18)2/h4-11H,12-14H2,1-3H3. The van der Waals surface area contributed by atoms with E-state index in [9.17, 15) is 13.2 Å². The van der Waals surface area contributed by atoms with Crippen LogP contribution in [0.3, 0.4) is 0 Å². The molecule has 0 N–H and O–H groups in total. The third-order valence-electron chi connectivity index (χ3n) is 4.61. The zero-order chi connectivity index (χ0) is 17.1. The Morgan fingerprint density at radius 3 is 2.04 bits per heavy atom. The summed E-state index contributed by atoms with van der Waals surface area (Å²) >= 11 is 0. The van der Waals surface area contributed by atoms with Crippen LogP contribution in [0.2, 0.25) is 0 Å². The van der Waals surface area contributed by atoms with Crippen molar-refractivity contribution in [1.82, 2.24) is 0 Å². The first-order valence-corrected chi connectivity index (χ1v) is 7.88. The van der Waals surface area contributed by atoms with Crippen molar-refractivity contribution in [3.63, 3.8) is 0 Å². The molecule has 3 heteroatoms. The molecule has 0 fully saturated rings. The molecule has 0 aliphatic rings. The lowest BCUT2D eigenvalue weighted by molar-refractivity contribution is -0.220. The van der Waals surface area contributed by atoms with Crippen LogP contribution in [0, 0.1) is 19.3 Å². The van der Waals surface area contributed by atoms with Crippen molar-refractivity contribution in [1.29, 1.82) is 0 Å². The van der Waals surface area contributed by atoms with Gasteiger partial charge in [0, 0.05) is 0 Å². The molecule has 124 valence electrons. The van der Waals surface area contributed by atoms with Gasteiger partial charge in [0.15, 0.2) is 0 Å².